The van der Waals surface area contributed by atoms with Crippen LogP contribution in [-0.2, 0) is 4.79 Å². The molecule has 1 unspecified atom stereocenters. The van der Waals surface area contributed by atoms with Gasteiger partial charge in [-0.3, -0.25) is 4.79 Å². The van der Waals surface area contributed by atoms with Crippen molar-refractivity contribution < 1.29 is 4.79 Å². The van der Waals surface area contributed by atoms with Crippen LogP contribution in [0.1, 0.15) is 30.8 Å². The minimum Gasteiger partial charge on any atom is -0.347 e. The van der Waals surface area contributed by atoms with Crippen LogP contribution < -0.4 is 5.32 Å². The summed E-state index contributed by atoms with van der Waals surface area (Å²) in [6, 6.07) is 4.98. The molecule has 1 heterocycles. The van der Waals surface area contributed by atoms with Crippen molar-refractivity contribution in [3.8, 4) is 0 Å². The van der Waals surface area contributed by atoms with Crippen molar-refractivity contribution in [1.29, 1.82) is 0 Å². The lowest BCUT2D eigenvalue weighted by molar-refractivity contribution is -0.117. The zero-order valence-corrected chi connectivity index (χ0v) is 12.9. The highest BCUT2D eigenvalue weighted by molar-refractivity contribution is 6.34. The van der Waals surface area contributed by atoms with Crippen molar-refractivity contribution in [1.82, 2.24) is 15.3 Å². The third-order valence-electron chi connectivity index (χ3n) is 2.89. The fraction of sp³-hybridized carbons (Fsp3) is 0.200. The molecule has 1 atom stereocenters. The second kappa shape index (κ2) is 7.29. The first kappa shape index (κ1) is 15.6. The van der Waals surface area contributed by atoms with Crippen LogP contribution in [0, 0.1) is 0 Å². The first-order valence-corrected chi connectivity index (χ1v) is 7.28. The van der Waals surface area contributed by atoms with E-state index in [4.69, 9.17) is 23.2 Å². The van der Waals surface area contributed by atoms with Gasteiger partial charge in [0.1, 0.15) is 5.82 Å². The second-order valence-electron chi connectivity index (χ2n) is 4.48. The van der Waals surface area contributed by atoms with Crippen LogP contribution in [0.4, 0.5) is 0 Å². The Bertz CT molecular complexity index is 618. The Labute approximate surface area is 133 Å². The molecule has 0 saturated heterocycles. The molecule has 0 aliphatic rings. The average molecular weight is 324 g/mol. The summed E-state index contributed by atoms with van der Waals surface area (Å²) in [6.07, 6.45) is 7.26. The first-order valence-electron chi connectivity index (χ1n) is 6.52. The minimum atomic E-state index is -0.200. The monoisotopic (exact) mass is 323 g/mol. The van der Waals surface area contributed by atoms with E-state index in [9.17, 15) is 4.79 Å². The van der Waals surface area contributed by atoms with E-state index in [-0.39, 0.29) is 11.9 Å². The van der Waals surface area contributed by atoms with Gasteiger partial charge < -0.3 is 10.3 Å². The highest BCUT2D eigenvalue weighted by Gasteiger charge is 2.12. The Morgan fingerprint density at radius 1 is 1.38 bits per heavy atom. The van der Waals surface area contributed by atoms with Crippen LogP contribution in [0.2, 0.25) is 10.0 Å². The van der Waals surface area contributed by atoms with E-state index in [0.717, 1.165) is 17.8 Å². The maximum atomic E-state index is 11.9. The largest absolute Gasteiger partial charge is 0.347 e. The first-order chi connectivity index (χ1) is 10.1. The van der Waals surface area contributed by atoms with E-state index in [1.165, 1.54) is 6.08 Å². The van der Waals surface area contributed by atoms with E-state index in [1.807, 2.05) is 6.92 Å². The molecule has 1 aromatic heterocycles. The number of halogens is 2. The fourth-order valence-corrected chi connectivity index (χ4v) is 2.44. The summed E-state index contributed by atoms with van der Waals surface area (Å²) in [4.78, 5) is 19.1. The van der Waals surface area contributed by atoms with Crippen LogP contribution >= 0.6 is 23.2 Å². The van der Waals surface area contributed by atoms with Gasteiger partial charge in [-0.05, 0) is 36.3 Å². The lowest BCUT2D eigenvalue weighted by Crippen LogP contribution is -2.27. The van der Waals surface area contributed by atoms with Gasteiger partial charge in [0, 0.05) is 28.5 Å². The molecule has 0 fully saturated rings. The molecule has 0 aliphatic heterocycles. The highest BCUT2D eigenvalue weighted by atomic mass is 35.5. The number of aromatic nitrogens is 2. The van der Waals surface area contributed by atoms with Gasteiger partial charge in [-0.1, -0.05) is 30.1 Å². The number of amides is 1. The molecule has 21 heavy (non-hydrogen) atoms. The van der Waals surface area contributed by atoms with E-state index >= 15 is 0 Å². The minimum absolute atomic E-state index is 0.139. The molecular weight excluding hydrogens is 309 g/mol. The molecule has 1 aromatic carbocycles. The zero-order valence-electron chi connectivity index (χ0n) is 11.4. The maximum Gasteiger partial charge on any atom is 0.244 e. The number of aromatic amines is 1. The highest BCUT2D eigenvalue weighted by Crippen LogP contribution is 2.20. The average Bonchev–Trinajstić information content (AvgIpc) is 2.95. The smallest absolute Gasteiger partial charge is 0.244 e. The van der Waals surface area contributed by atoms with Crippen molar-refractivity contribution in [3.05, 3.63) is 58.1 Å². The van der Waals surface area contributed by atoms with Crippen molar-refractivity contribution >= 4 is 35.2 Å². The summed E-state index contributed by atoms with van der Waals surface area (Å²) < 4.78 is 0. The topological polar surface area (TPSA) is 57.8 Å². The van der Waals surface area contributed by atoms with Gasteiger partial charge in [-0.15, -0.1) is 0 Å². The number of carbonyl (C=O) groups is 1. The SMILES string of the molecule is CCC(NC(=O)/C=C/c1cc(Cl)cc(Cl)c1)c1ncc[nH]1. The molecule has 0 aliphatic carbocycles. The van der Waals surface area contributed by atoms with Crippen LogP contribution in [0.5, 0.6) is 0 Å². The molecule has 4 nitrogen and oxygen atoms in total. The molecule has 0 bridgehead atoms. The summed E-state index contributed by atoms with van der Waals surface area (Å²) in [5, 5.41) is 3.95. The van der Waals surface area contributed by atoms with E-state index in [0.29, 0.717) is 10.0 Å². The Balaban J connectivity index is 2.02. The Hall–Kier alpha value is -1.78. The van der Waals surface area contributed by atoms with Crippen molar-refractivity contribution in [2.45, 2.75) is 19.4 Å². The molecule has 0 saturated carbocycles. The molecule has 0 radical (unpaired) electrons. The summed E-state index contributed by atoms with van der Waals surface area (Å²) in [5.41, 5.74) is 0.772. The number of hydrogen-bond acceptors (Lipinski definition) is 2. The number of H-pyrrole nitrogens is 1. The lowest BCUT2D eigenvalue weighted by atomic mass is 10.2. The van der Waals surface area contributed by atoms with E-state index < -0.39 is 0 Å². The number of carbonyl (C=O) groups excluding carboxylic acids is 1. The van der Waals surface area contributed by atoms with Gasteiger partial charge in [0.05, 0.1) is 6.04 Å². The number of hydrogen-bond donors (Lipinski definition) is 2. The molecule has 2 rings (SSSR count). The molecule has 0 spiro atoms. The van der Waals surface area contributed by atoms with Gasteiger partial charge in [0.15, 0.2) is 0 Å². The van der Waals surface area contributed by atoms with Gasteiger partial charge in [-0.2, -0.15) is 0 Å². The Morgan fingerprint density at radius 2 is 2.10 bits per heavy atom. The summed E-state index contributed by atoms with van der Waals surface area (Å²) >= 11 is 11.8. The fourth-order valence-electron chi connectivity index (χ4n) is 1.89. The predicted molar refractivity (Wildman–Crippen MR) is 85.3 cm³/mol. The van der Waals surface area contributed by atoms with Crippen molar-refractivity contribution in [2.24, 2.45) is 0 Å². The standard InChI is InChI=1S/C15H15Cl2N3O/c1-2-13(15-18-5-6-19-15)20-14(21)4-3-10-7-11(16)9-12(17)8-10/h3-9,13H,2H2,1H3,(H,18,19)(H,20,21)/b4-3+. The summed E-state index contributed by atoms with van der Waals surface area (Å²) in [7, 11) is 0. The Kier molecular flexibility index (Phi) is 5.42. The van der Waals surface area contributed by atoms with Crippen molar-refractivity contribution in [3.63, 3.8) is 0 Å². The lowest BCUT2D eigenvalue weighted by Gasteiger charge is -2.12. The van der Waals surface area contributed by atoms with Gasteiger partial charge in [-0.25, -0.2) is 4.98 Å². The molecule has 110 valence electrons. The van der Waals surface area contributed by atoms with Crippen molar-refractivity contribution in [2.75, 3.05) is 0 Å². The van der Waals surface area contributed by atoms with E-state index in [1.54, 1.807) is 36.7 Å². The quantitative estimate of drug-likeness (QED) is 0.817. The van der Waals surface area contributed by atoms with Crippen LogP contribution in [-0.4, -0.2) is 15.9 Å². The third kappa shape index (κ3) is 4.62. The van der Waals surface area contributed by atoms with Crippen LogP contribution in [0.3, 0.4) is 0 Å². The van der Waals surface area contributed by atoms with E-state index in [2.05, 4.69) is 15.3 Å². The second-order valence-corrected chi connectivity index (χ2v) is 5.35. The molecule has 1 amide bonds. The number of nitrogens with zero attached hydrogens (tertiary/aromatic N) is 1. The maximum absolute atomic E-state index is 11.9. The normalized spacial score (nSPS) is 12.5. The molecular formula is C15H15Cl2N3O. The molecule has 2 N–H and O–H groups in total. The Morgan fingerprint density at radius 3 is 2.67 bits per heavy atom. The number of imidazole rings is 1. The third-order valence-corrected chi connectivity index (χ3v) is 3.32. The van der Waals surface area contributed by atoms with Gasteiger partial charge in [0.2, 0.25) is 5.91 Å². The molecule has 6 heteroatoms. The van der Waals surface area contributed by atoms with Crippen LogP contribution in [0.25, 0.3) is 6.08 Å². The summed E-state index contributed by atoms with van der Waals surface area (Å²) in [5.74, 6) is 0.541. The summed E-state index contributed by atoms with van der Waals surface area (Å²) in [6.45, 7) is 1.98. The van der Waals surface area contributed by atoms with Gasteiger partial charge in [0.25, 0.3) is 0 Å². The predicted octanol–water partition coefficient (Wildman–Crippen LogP) is 4.00. The molecule has 2 aromatic rings. The zero-order chi connectivity index (χ0) is 15.2. The number of benzene rings is 1. The number of nitrogens with one attached hydrogen (secondary N) is 2. The number of rotatable bonds is 5. The van der Waals surface area contributed by atoms with Gasteiger partial charge >= 0.3 is 0 Å². The van der Waals surface area contributed by atoms with Crippen LogP contribution in [0.15, 0.2) is 36.7 Å².